The van der Waals surface area contributed by atoms with Gasteiger partial charge in [0, 0.05) is 43.4 Å². The maximum Gasteiger partial charge on any atom is 0.162 e. The number of hydrogen-bond acceptors (Lipinski definition) is 4. The second kappa shape index (κ2) is 8.35. The lowest BCUT2D eigenvalue weighted by Crippen LogP contribution is -2.30. The van der Waals surface area contributed by atoms with E-state index in [4.69, 9.17) is 21.1 Å². The van der Waals surface area contributed by atoms with Gasteiger partial charge < -0.3 is 14.6 Å². The first-order valence-electron chi connectivity index (χ1n) is 6.74. The largest absolute Gasteiger partial charge is 0.504 e. The Kier molecular flexibility index (Phi) is 7.13. The predicted molar refractivity (Wildman–Crippen MR) is 81.7 cm³/mol. The normalized spacial score (nSPS) is 11.3. The minimum atomic E-state index is 0.156. The Morgan fingerprint density at radius 3 is 2.55 bits per heavy atom. The van der Waals surface area contributed by atoms with E-state index in [9.17, 15) is 5.11 Å². The Morgan fingerprint density at radius 2 is 2.00 bits per heavy atom. The molecule has 1 aromatic carbocycles. The number of rotatable bonds is 8. The second-order valence-electron chi connectivity index (χ2n) is 5.24. The van der Waals surface area contributed by atoms with Gasteiger partial charge in [-0.25, -0.2) is 0 Å². The van der Waals surface area contributed by atoms with Crippen LogP contribution in [0.2, 0.25) is 5.02 Å². The summed E-state index contributed by atoms with van der Waals surface area (Å²) in [4.78, 5) is 2.24. The summed E-state index contributed by atoms with van der Waals surface area (Å²) in [6.45, 7) is 7.34. The Labute approximate surface area is 126 Å². The molecule has 1 aromatic rings. The summed E-state index contributed by atoms with van der Waals surface area (Å²) in [6, 6.07) is 3.39. The lowest BCUT2D eigenvalue weighted by atomic mass is 10.1. The molecule has 0 amide bonds. The molecule has 20 heavy (non-hydrogen) atoms. The minimum absolute atomic E-state index is 0.156. The fourth-order valence-electron chi connectivity index (χ4n) is 2.12. The molecule has 0 bridgehead atoms. The van der Waals surface area contributed by atoms with E-state index >= 15 is 0 Å². The van der Waals surface area contributed by atoms with Gasteiger partial charge in [-0.05, 0) is 12.0 Å². The number of aromatic hydroxyl groups is 1. The summed E-state index contributed by atoms with van der Waals surface area (Å²) in [5.74, 6) is 1.10. The highest BCUT2D eigenvalue weighted by atomic mass is 35.5. The maximum absolute atomic E-state index is 10.2. The average Bonchev–Trinajstić information content (AvgIpc) is 2.39. The van der Waals surface area contributed by atoms with Crippen molar-refractivity contribution in [2.24, 2.45) is 5.92 Å². The number of nitrogens with zero attached hydrogens (tertiary/aromatic N) is 1. The summed E-state index contributed by atoms with van der Waals surface area (Å²) in [5, 5.41) is 10.7. The molecule has 0 fully saturated rings. The van der Waals surface area contributed by atoms with Crippen molar-refractivity contribution in [1.82, 2.24) is 4.90 Å². The predicted octanol–water partition coefficient (Wildman–Crippen LogP) is 3.16. The molecule has 0 aliphatic rings. The van der Waals surface area contributed by atoms with Gasteiger partial charge in [-0.3, -0.25) is 4.90 Å². The summed E-state index contributed by atoms with van der Waals surface area (Å²) in [6.07, 6.45) is 0. The third-order valence-corrected chi connectivity index (χ3v) is 3.19. The molecule has 114 valence electrons. The number of phenols is 1. The molecule has 0 spiro atoms. The second-order valence-corrected chi connectivity index (χ2v) is 5.67. The highest BCUT2D eigenvalue weighted by Crippen LogP contribution is 2.34. The van der Waals surface area contributed by atoms with E-state index in [1.807, 2.05) is 0 Å². The van der Waals surface area contributed by atoms with Gasteiger partial charge in [0.05, 0.1) is 13.7 Å². The van der Waals surface area contributed by atoms with Crippen LogP contribution in [-0.4, -0.2) is 43.9 Å². The van der Waals surface area contributed by atoms with E-state index in [1.165, 1.54) is 7.11 Å². The Bertz CT molecular complexity index is 424. The van der Waals surface area contributed by atoms with Crippen LogP contribution in [0.1, 0.15) is 19.4 Å². The van der Waals surface area contributed by atoms with Crippen molar-refractivity contribution in [3.05, 3.63) is 22.7 Å². The first-order chi connectivity index (χ1) is 9.47. The van der Waals surface area contributed by atoms with E-state index in [1.54, 1.807) is 19.2 Å². The van der Waals surface area contributed by atoms with Gasteiger partial charge >= 0.3 is 0 Å². The fraction of sp³-hybridized carbons (Fsp3) is 0.600. The van der Waals surface area contributed by atoms with E-state index in [0.717, 1.165) is 18.7 Å². The van der Waals surface area contributed by atoms with Crippen molar-refractivity contribution in [2.75, 3.05) is 33.9 Å². The van der Waals surface area contributed by atoms with E-state index in [0.29, 0.717) is 29.8 Å². The van der Waals surface area contributed by atoms with Crippen LogP contribution in [0, 0.1) is 5.92 Å². The Morgan fingerprint density at radius 1 is 1.30 bits per heavy atom. The SMILES string of the molecule is COCCN(Cc1cc(Cl)cc(OC)c1O)CC(C)C. The van der Waals surface area contributed by atoms with Crippen LogP contribution in [0.3, 0.4) is 0 Å². The molecule has 1 rings (SSSR count). The molecule has 0 saturated heterocycles. The number of phenolic OH excluding ortho intramolecular Hbond substituents is 1. The van der Waals surface area contributed by atoms with Gasteiger partial charge in [-0.2, -0.15) is 0 Å². The van der Waals surface area contributed by atoms with Crippen LogP contribution >= 0.6 is 11.6 Å². The highest BCUT2D eigenvalue weighted by molar-refractivity contribution is 6.30. The van der Waals surface area contributed by atoms with Crippen molar-refractivity contribution in [3.63, 3.8) is 0 Å². The van der Waals surface area contributed by atoms with Crippen molar-refractivity contribution in [2.45, 2.75) is 20.4 Å². The van der Waals surface area contributed by atoms with Gasteiger partial charge in [-0.1, -0.05) is 25.4 Å². The summed E-state index contributed by atoms with van der Waals surface area (Å²) >= 11 is 6.06. The topological polar surface area (TPSA) is 41.9 Å². The summed E-state index contributed by atoms with van der Waals surface area (Å²) < 4.78 is 10.3. The zero-order valence-electron chi connectivity index (χ0n) is 12.6. The van der Waals surface area contributed by atoms with Gasteiger partial charge in [-0.15, -0.1) is 0 Å². The first kappa shape index (κ1) is 17.1. The number of ether oxygens (including phenoxy) is 2. The van der Waals surface area contributed by atoms with E-state index in [2.05, 4.69) is 18.7 Å². The molecule has 0 aliphatic carbocycles. The number of methoxy groups -OCH3 is 2. The smallest absolute Gasteiger partial charge is 0.162 e. The van der Waals surface area contributed by atoms with Crippen molar-refractivity contribution < 1.29 is 14.6 Å². The fourth-order valence-corrected chi connectivity index (χ4v) is 2.35. The number of hydrogen-bond donors (Lipinski definition) is 1. The van der Waals surface area contributed by atoms with Crippen LogP contribution in [0.5, 0.6) is 11.5 Å². The molecule has 0 aromatic heterocycles. The van der Waals surface area contributed by atoms with Crippen LogP contribution in [-0.2, 0) is 11.3 Å². The Hall–Kier alpha value is -0.970. The standard InChI is InChI=1S/C15H24ClNO3/c1-11(2)9-17(5-6-19-3)10-12-7-13(16)8-14(20-4)15(12)18/h7-8,11,18H,5-6,9-10H2,1-4H3. The molecular weight excluding hydrogens is 278 g/mol. The lowest BCUT2D eigenvalue weighted by Gasteiger charge is -2.24. The van der Waals surface area contributed by atoms with Gasteiger partial charge in [0.25, 0.3) is 0 Å². The van der Waals surface area contributed by atoms with Crippen LogP contribution < -0.4 is 4.74 Å². The molecule has 0 heterocycles. The molecule has 0 saturated carbocycles. The monoisotopic (exact) mass is 301 g/mol. The van der Waals surface area contributed by atoms with Crippen LogP contribution in [0.25, 0.3) is 0 Å². The molecule has 0 atom stereocenters. The molecule has 0 radical (unpaired) electrons. The summed E-state index contributed by atoms with van der Waals surface area (Å²) in [5.41, 5.74) is 0.770. The van der Waals surface area contributed by atoms with Gasteiger partial charge in [0.2, 0.25) is 0 Å². The number of benzene rings is 1. The quantitative estimate of drug-likeness (QED) is 0.801. The number of halogens is 1. The van der Waals surface area contributed by atoms with Gasteiger partial charge in [0.1, 0.15) is 0 Å². The zero-order chi connectivity index (χ0) is 15.1. The molecule has 4 nitrogen and oxygen atoms in total. The van der Waals surface area contributed by atoms with Gasteiger partial charge in [0.15, 0.2) is 11.5 Å². The highest BCUT2D eigenvalue weighted by Gasteiger charge is 2.14. The lowest BCUT2D eigenvalue weighted by molar-refractivity contribution is 0.135. The van der Waals surface area contributed by atoms with Crippen LogP contribution in [0.4, 0.5) is 0 Å². The molecule has 5 heteroatoms. The first-order valence-corrected chi connectivity index (χ1v) is 7.12. The van der Waals surface area contributed by atoms with Crippen molar-refractivity contribution >= 4 is 11.6 Å². The molecule has 1 N–H and O–H groups in total. The van der Waals surface area contributed by atoms with Crippen molar-refractivity contribution in [3.8, 4) is 11.5 Å². The van der Waals surface area contributed by atoms with Crippen molar-refractivity contribution in [1.29, 1.82) is 0 Å². The molecular formula is C15H24ClNO3. The summed E-state index contributed by atoms with van der Waals surface area (Å²) in [7, 11) is 3.21. The third-order valence-electron chi connectivity index (χ3n) is 2.97. The zero-order valence-corrected chi connectivity index (χ0v) is 13.4. The third kappa shape index (κ3) is 5.19. The van der Waals surface area contributed by atoms with E-state index < -0.39 is 0 Å². The minimum Gasteiger partial charge on any atom is -0.504 e. The maximum atomic E-state index is 10.2. The molecule has 0 aliphatic heterocycles. The molecule has 0 unspecified atom stereocenters. The van der Waals surface area contributed by atoms with Crippen LogP contribution in [0.15, 0.2) is 12.1 Å². The van der Waals surface area contributed by atoms with E-state index in [-0.39, 0.29) is 5.75 Å². The average molecular weight is 302 g/mol. The Balaban J connectivity index is 2.88.